The molecule has 3 rings (SSSR count). The van der Waals surface area contributed by atoms with Crippen LogP contribution in [0.4, 0.5) is 0 Å². The van der Waals surface area contributed by atoms with Crippen molar-refractivity contribution in [3.05, 3.63) is 76.4 Å². The van der Waals surface area contributed by atoms with Gasteiger partial charge in [0.15, 0.2) is 0 Å². The van der Waals surface area contributed by atoms with Gasteiger partial charge in [-0.1, -0.05) is 55.5 Å². The zero-order valence-electron chi connectivity index (χ0n) is 13.0. The summed E-state index contributed by atoms with van der Waals surface area (Å²) in [7, 11) is 0. The number of aliphatic hydroxyl groups excluding tert-OH is 1. The lowest BCUT2D eigenvalue weighted by Gasteiger charge is -2.17. The van der Waals surface area contributed by atoms with Crippen molar-refractivity contribution in [2.75, 3.05) is 0 Å². The van der Waals surface area contributed by atoms with Gasteiger partial charge in [-0.3, -0.25) is 9.59 Å². The van der Waals surface area contributed by atoms with Crippen LogP contribution in [0.1, 0.15) is 40.4 Å². The summed E-state index contributed by atoms with van der Waals surface area (Å²) >= 11 is 0. The van der Waals surface area contributed by atoms with E-state index in [2.05, 4.69) is 19.1 Å². The number of rotatable bonds is 4. The Labute approximate surface area is 135 Å². The summed E-state index contributed by atoms with van der Waals surface area (Å²) in [6.45, 7) is 2.10. The van der Waals surface area contributed by atoms with Crippen molar-refractivity contribution < 1.29 is 14.7 Å². The van der Waals surface area contributed by atoms with Crippen molar-refractivity contribution in [2.24, 2.45) is 0 Å². The van der Waals surface area contributed by atoms with Gasteiger partial charge in [0.05, 0.1) is 0 Å². The standard InChI is InChI=1S/C20H18O3/c1-2-13-7-9-14(10-8-13)11-12-17-18(21)15-5-3-4-6-16(15)19(22)20(17)23/h3-10,21H,2,11-12H2,1H3. The average Bonchev–Trinajstić information content (AvgIpc) is 2.60. The molecule has 3 heteroatoms. The predicted octanol–water partition coefficient (Wildman–Crippen LogP) is 3.92. The molecule has 0 radical (unpaired) electrons. The molecule has 3 nitrogen and oxygen atoms in total. The molecular formula is C20H18O3. The van der Waals surface area contributed by atoms with Gasteiger partial charge in [0, 0.05) is 16.7 Å². The third-order valence-corrected chi connectivity index (χ3v) is 4.29. The van der Waals surface area contributed by atoms with Gasteiger partial charge in [0.1, 0.15) is 5.76 Å². The van der Waals surface area contributed by atoms with Crippen LogP contribution < -0.4 is 0 Å². The Balaban J connectivity index is 1.86. The van der Waals surface area contributed by atoms with Crippen molar-refractivity contribution in [3.63, 3.8) is 0 Å². The molecule has 1 aliphatic rings. The molecule has 0 fully saturated rings. The molecule has 2 aromatic rings. The average molecular weight is 306 g/mol. The smallest absolute Gasteiger partial charge is 0.234 e. The summed E-state index contributed by atoms with van der Waals surface area (Å²) in [6.07, 6.45) is 1.96. The molecule has 0 bridgehead atoms. The van der Waals surface area contributed by atoms with E-state index in [0.717, 1.165) is 12.0 Å². The number of aliphatic hydroxyl groups is 1. The second-order valence-corrected chi connectivity index (χ2v) is 5.70. The number of aryl methyl sites for hydroxylation is 2. The molecule has 0 heterocycles. The largest absolute Gasteiger partial charge is 0.507 e. The topological polar surface area (TPSA) is 54.4 Å². The van der Waals surface area contributed by atoms with Gasteiger partial charge < -0.3 is 5.11 Å². The lowest BCUT2D eigenvalue weighted by Crippen LogP contribution is -2.24. The Morgan fingerprint density at radius 3 is 2.04 bits per heavy atom. The van der Waals surface area contributed by atoms with Gasteiger partial charge in [-0.05, 0) is 30.4 Å². The van der Waals surface area contributed by atoms with Crippen LogP contribution in [0.25, 0.3) is 5.76 Å². The zero-order chi connectivity index (χ0) is 16.4. The van der Waals surface area contributed by atoms with E-state index in [1.165, 1.54) is 5.56 Å². The minimum atomic E-state index is -0.591. The van der Waals surface area contributed by atoms with Gasteiger partial charge >= 0.3 is 0 Å². The van der Waals surface area contributed by atoms with Gasteiger partial charge in [0.25, 0.3) is 0 Å². The van der Waals surface area contributed by atoms with Crippen LogP contribution in [0.15, 0.2) is 54.1 Å². The monoisotopic (exact) mass is 306 g/mol. The van der Waals surface area contributed by atoms with Crippen LogP contribution in [-0.4, -0.2) is 16.7 Å². The Morgan fingerprint density at radius 1 is 0.783 bits per heavy atom. The fourth-order valence-corrected chi connectivity index (χ4v) is 2.86. The van der Waals surface area contributed by atoms with Crippen molar-refractivity contribution in [3.8, 4) is 0 Å². The number of benzene rings is 2. The third-order valence-electron chi connectivity index (χ3n) is 4.29. The minimum Gasteiger partial charge on any atom is -0.507 e. The first-order valence-corrected chi connectivity index (χ1v) is 7.80. The van der Waals surface area contributed by atoms with Gasteiger partial charge in [0.2, 0.25) is 11.6 Å². The summed E-state index contributed by atoms with van der Waals surface area (Å²) in [5.74, 6) is -1.18. The summed E-state index contributed by atoms with van der Waals surface area (Å²) < 4.78 is 0. The molecule has 0 aromatic heterocycles. The van der Waals surface area contributed by atoms with E-state index in [1.807, 2.05) is 12.1 Å². The molecule has 2 aromatic carbocycles. The number of hydrogen-bond donors (Lipinski definition) is 1. The molecular weight excluding hydrogens is 288 g/mol. The van der Waals surface area contributed by atoms with Crippen LogP contribution in [0.5, 0.6) is 0 Å². The molecule has 0 aliphatic heterocycles. The minimum absolute atomic E-state index is 0.0598. The summed E-state index contributed by atoms with van der Waals surface area (Å²) in [4.78, 5) is 24.4. The number of ketones is 2. The Hall–Kier alpha value is -2.68. The Morgan fingerprint density at radius 2 is 1.39 bits per heavy atom. The Bertz CT molecular complexity index is 798. The number of fused-ring (bicyclic) bond motifs is 1. The first kappa shape index (κ1) is 15.2. The second kappa shape index (κ2) is 6.21. The van der Waals surface area contributed by atoms with Crippen molar-refractivity contribution >= 4 is 17.3 Å². The van der Waals surface area contributed by atoms with E-state index in [1.54, 1.807) is 24.3 Å². The first-order valence-electron chi connectivity index (χ1n) is 7.80. The highest BCUT2D eigenvalue weighted by Crippen LogP contribution is 2.29. The highest BCUT2D eigenvalue weighted by atomic mass is 16.3. The maximum Gasteiger partial charge on any atom is 0.234 e. The van der Waals surface area contributed by atoms with Crippen molar-refractivity contribution in [2.45, 2.75) is 26.2 Å². The molecule has 0 spiro atoms. The summed E-state index contributed by atoms with van der Waals surface area (Å²) in [5, 5.41) is 10.4. The van der Waals surface area contributed by atoms with E-state index in [0.29, 0.717) is 18.4 Å². The predicted molar refractivity (Wildman–Crippen MR) is 89.5 cm³/mol. The lowest BCUT2D eigenvalue weighted by atomic mass is 9.86. The highest BCUT2D eigenvalue weighted by molar-refractivity contribution is 6.52. The fraction of sp³-hybridized carbons (Fsp3) is 0.200. The first-order chi connectivity index (χ1) is 11.1. The van der Waals surface area contributed by atoms with E-state index >= 15 is 0 Å². The molecule has 0 unspecified atom stereocenters. The number of hydrogen-bond acceptors (Lipinski definition) is 3. The highest BCUT2D eigenvalue weighted by Gasteiger charge is 2.31. The summed E-state index contributed by atoms with van der Waals surface area (Å²) in [6, 6.07) is 14.9. The van der Waals surface area contributed by atoms with Crippen LogP contribution in [-0.2, 0) is 17.6 Å². The second-order valence-electron chi connectivity index (χ2n) is 5.70. The molecule has 23 heavy (non-hydrogen) atoms. The molecule has 0 saturated carbocycles. The summed E-state index contributed by atoms with van der Waals surface area (Å²) in [5.41, 5.74) is 3.29. The lowest BCUT2D eigenvalue weighted by molar-refractivity contribution is -0.112. The quantitative estimate of drug-likeness (QED) is 0.871. The van der Waals surface area contributed by atoms with Gasteiger partial charge in [-0.25, -0.2) is 0 Å². The molecule has 1 N–H and O–H groups in total. The Kier molecular flexibility index (Phi) is 4.11. The molecule has 0 amide bonds. The number of carbonyl (C=O) groups excluding carboxylic acids is 2. The van der Waals surface area contributed by atoms with Crippen LogP contribution in [0.3, 0.4) is 0 Å². The number of carbonyl (C=O) groups is 2. The van der Waals surface area contributed by atoms with E-state index in [4.69, 9.17) is 0 Å². The fourth-order valence-electron chi connectivity index (χ4n) is 2.86. The van der Waals surface area contributed by atoms with Crippen molar-refractivity contribution in [1.29, 1.82) is 0 Å². The van der Waals surface area contributed by atoms with Gasteiger partial charge in [-0.15, -0.1) is 0 Å². The van der Waals surface area contributed by atoms with E-state index in [9.17, 15) is 14.7 Å². The van der Waals surface area contributed by atoms with Gasteiger partial charge in [-0.2, -0.15) is 0 Å². The van der Waals surface area contributed by atoms with E-state index in [-0.39, 0.29) is 16.9 Å². The van der Waals surface area contributed by atoms with Crippen LogP contribution in [0.2, 0.25) is 0 Å². The molecule has 1 aliphatic carbocycles. The third kappa shape index (κ3) is 2.82. The molecule has 116 valence electrons. The normalized spacial score (nSPS) is 14.1. The molecule has 0 saturated heterocycles. The van der Waals surface area contributed by atoms with Crippen molar-refractivity contribution in [1.82, 2.24) is 0 Å². The number of Topliss-reactive ketones (excluding diaryl/α,β-unsaturated/α-hetero) is 2. The maximum absolute atomic E-state index is 12.3. The van der Waals surface area contributed by atoms with Crippen LogP contribution >= 0.6 is 0 Å². The van der Waals surface area contributed by atoms with Crippen LogP contribution in [0, 0.1) is 0 Å². The van der Waals surface area contributed by atoms with E-state index < -0.39 is 11.6 Å². The SMILES string of the molecule is CCc1ccc(CCC2=C(O)c3ccccc3C(=O)C2=O)cc1. The number of allylic oxidation sites excluding steroid dienone is 1. The molecule has 0 atom stereocenters. The zero-order valence-corrected chi connectivity index (χ0v) is 13.0. The maximum atomic E-state index is 12.3.